The van der Waals surface area contributed by atoms with Crippen LogP contribution < -0.4 is 0 Å². The van der Waals surface area contributed by atoms with Crippen molar-refractivity contribution >= 4 is 0 Å². The zero-order valence-electron chi connectivity index (χ0n) is 6.80. The Morgan fingerprint density at radius 1 is 1.64 bits per heavy atom. The summed E-state index contributed by atoms with van der Waals surface area (Å²) in [5, 5.41) is 0. The molecule has 0 aromatic heterocycles. The van der Waals surface area contributed by atoms with Gasteiger partial charge in [0, 0.05) is 0 Å². The molecule has 0 amide bonds. The van der Waals surface area contributed by atoms with Crippen molar-refractivity contribution in [2.45, 2.75) is 13.3 Å². The molecule has 0 spiro atoms. The molecule has 0 saturated carbocycles. The Morgan fingerprint density at radius 3 is 3.00 bits per heavy atom. The quantitative estimate of drug-likeness (QED) is 0.391. The summed E-state index contributed by atoms with van der Waals surface area (Å²) in [6, 6.07) is 0. The molecule has 0 unspecified atom stereocenters. The topological polar surface area (TPSA) is 0 Å². The number of rotatable bonds is 1. The van der Waals surface area contributed by atoms with E-state index >= 15 is 0 Å². The van der Waals surface area contributed by atoms with Gasteiger partial charge in [-0.05, 0) is 24.5 Å². The first-order chi connectivity index (χ1) is 5.33. The molecule has 56 valence electrons. The molecule has 0 N–H and O–H groups in total. The van der Waals surface area contributed by atoms with Gasteiger partial charge in [-0.15, -0.1) is 5.73 Å². The Hall–Kier alpha value is -1.26. The van der Waals surface area contributed by atoms with Gasteiger partial charge in [-0.3, -0.25) is 0 Å². The fraction of sp³-hybridized carbons (Fsp3) is 0.182. The summed E-state index contributed by atoms with van der Waals surface area (Å²) in [5.41, 5.74) is 5.57. The van der Waals surface area contributed by atoms with Gasteiger partial charge in [-0.25, -0.2) is 0 Å². The maximum atomic E-state index is 3.67. The van der Waals surface area contributed by atoms with E-state index in [1.807, 2.05) is 19.1 Å². The van der Waals surface area contributed by atoms with Crippen LogP contribution in [0.2, 0.25) is 0 Å². The van der Waals surface area contributed by atoms with Gasteiger partial charge in [0.15, 0.2) is 0 Å². The van der Waals surface area contributed by atoms with E-state index in [2.05, 4.69) is 30.5 Å². The van der Waals surface area contributed by atoms with Crippen molar-refractivity contribution in [1.29, 1.82) is 0 Å². The van der Waals surface area contributed by atoms with Crippen LogP contribution in [0, 0.1) is 0 Å². The van der Waals surface area contributed by atoms with E-state index in [4.69, 9.17) is 0 Å². The molecule has 1 aliphatic carbocycles. The molecule has 0 aromatic rings. The van der Waals surface area contributed by atoms with Gasteiger partial charge in [0.25, 0.3) is 0 Å². The first-order valence-electron chi connectivity index (χ1n) is 3.75. The molecule has 1 rings (SSSR count). The van der Waals surface area contributed by atoms with E-state index in [1.54, 1.807) is 0 Å². The molecular formula is C11H12. The summed E-state index contributed by atoms with van der Waals surface area (Å²) in [7, 11) is 0. The Morgan fingerprint density at radius 2 is 2.45 bits per heavy atom. The molecule has 0 heterocycles. The van der Waals surface area contributed by atoms with Crippen LogP contribution in [0.4, 0.5) is 0 Å². The fourth-order valence-corrected chi connectivity index (χ4v) is 0.910. The van der Waals surface area contributed by atoms with E-state index in [9.17, 15) is 0 Å². The lowest BCUT2D eigenvalue weighted by molar-refractivity contribution is 1.26. The first-order valence-corrected chi connectivity index (χ1v) is 3.75. The highest BCUT2D eigenvalue weighted by Crippen LogP contribution is 2.09. The van der Waals surface area contributed by atoms with Crippen LogP contribution in [-0.4, -0.2) is 0 Å². The summed E-state index contributed by atoms with van der Waals surface area (Å²) in [5.74, 6) is 0. The highest BCUT2D eigenvalue weighted by molar-refractivity contribution is 5.31. The molecule has 0 atom stereocenters. The minimum absolute atomic E-state index is 0.988. The third-order valence-corrected chi connectivity index (χ3v) is 1.55. The minimum atomic E-state index is 0.988. The summed E-state index contributed by atoms with van der Waals surface area (Å²) in [6.45, 7) is 5.68. The van der Waals surface area contributed by atoms with Crippen LogP contribution in [0.25, 0.3) is 0 Å². The van der Waals surface area contributed by atoms with Crippen LogP contribution in [-0.2, 0) is 0 Å². The number of hydrogen-bond donors (Lipinski definition) is 0. The standard InChI is InChI=1S/C11H12/c1-3-10(2)9-11-7-5-4-6-8-11/h3-7H,1,8H2,2H3. The predicted octanol–water partition coefficient (Wildman–Crippen LogP) is 3.16. The molecule has 0 radical (unpaired) electrons. The molecule has 0 aromatic carbocycles. The summed E-state index contributed by atoms with van der Waals surface area (Å²) < 4.78 is 0. The van der Waals surface area contributed by atoms with Gasteiger partial charge in [0.05, 0.1) is 0 Å². The SMILES string of the molecule is C=CC(C)=C=C1C=CC=CC1. The molecule has 0 bridgehead atoms. The van der Waals surface area contributed by atoms with Crippen molar-refractivity contribution in [3.05, 3.63) is 53.8 Å². The normalized spacial score (nSPS) is 14.5. The van der Waals surface area contributed by atoms with Crippen LogP contribution >= 0.6 is 0 Å². The largest absolute Gasteiger partial charge is 0.114 e. The average molecular weight is 144 g/mol. The predicted molar refractivity (Wildman–Crippen MR) is 49.3 cm³/mol. The lowest BCUT2D eigenvalue weighted by Crippen LogP contribution is -1.77. The summed E-state index contributed by atoms with van der Waals surface area (Å²) in [6.07, 6.45) is 11.1. The van der Waals surface area contributed by atoms with E-state index in [-0.39, 0.29) is 0 Å². The monoisotopic (exact) mass is 144 g/mol. The Bertz CT molecular complexity index is 268. The van der Waals surface area contributed by atoms with E-state index in [1.165, 1.54) is 5.57 Å². The first kappa shape index (κ1) is 7.84. The maximum absolute atomic E-state index is 3.67. The number of allylic oxidation sites excluding steroid dienone is 6. The Kier molecular flexibility index (Phi) is 2.71. The van der Waals surface area contributed by atoms with Crippen molar-refractivity contribution in [3.63, 3.8) is 0 Å². The second kappa shape index (κ2) is 3.80. The smallest absolute Gasteiger partial charge is 0.00198 e. The van der Waals surface area contributed by atoms with Crippen molar-refractivity contribution < 1.29 is 0 Å². The second-order valence-electron chi connectivity index (χ2n) is 2.53. The zero-order valence-corrected chi connectivity index (χ0v) is 6.80. The highest BCUT2D eigenvalue weighted by Gasteiger charge is 1.90. The zero-order chi connectivity index (χ0) is 8.10. The van der Waals surface area contributed by atoms with Gasteiger partial charge >= 0.3 is 0 Å². The van der Waals surface area contributed by atoms with E-state index < -0.39 is 0 Å². The molecular weight excluding hydrogens is 132 g/mol. The minimum Gasteiger partial charge on any atom is -0.114 e. The van der Waals surface area contributed by atoms with Gasteiger partial charge in [0.2, 0.25) is 0 Å². The van der Waals surface area contributed by atoms with Gasteiger partial charge < -0.3 is 0 Å². The van der Waals surface area contributed by atoms with Gasteiger partial charge in [0.1, 0.15) is 0 Å². The molecule has 0 saturated heterocycles. The van der Waals surface area contributed by atoms with Crippen molar-refractivity contribution in [2.24, 2.45) is 0 Å². The van der Waals surface area contributed by atoms with Crippen LogP contribution in [0.5, 0.6) is 0 Å². The Labute approximate surface area is 67.9 Å². The molecule has 1 aliphatic rings. The lowest BCUT2D eigenvalue weighted by atomic mass is 10.1. The highest BCUT2D eigenvalue weighted by atomic mass is 13.9. The third kappa shape index (κ3) is 2.45. The lowest BCUT2D eigenvalue weighted by Gasteiger charge is -1.96. The van der Waals surface area contributed by atoms with E-state index in [0.717, 1.165) is 12.0 Å². The van der Waals surface area contributed by atoms with Crippen molar-refractivity contribution in [1.82, 2.24) is 0 Å². The van der Waals surface area contributed by atoms with Gasteiger partial charge in [-0.1, -0.05) is 37.0 Å². The fourth-order valence-electron chi connectivity index (χ4n) is 0.910. The van der Waals surface area contributed by atoms with Crippen LogP contribution in [0.1, 0.15) is 13.3 Å². The second-order valence-corrected chi connectivity index (χ2v) is 2.53. The maximum Gasteiger partial charge on any atom is -0.00198 e. The average Bonchev–Trinajstić information content (AvgIpc) is 2.06. The summed E-state index contributed by atoms with van der Waals surface area (Å²) in [4.78, 5) is 0. The van der Waals surface area contributed by atoms with Gasteiger partial charge in [-0.2, -0.15) is 0 Å². The molecule has 0 fully saturated rings. The molecule has 0 aliphatic heterocycles. The summed E-state index contributed by atoms with van der Waals surface area (Å²) >= 11 is 0. The van der Waals surface area contributed by atoms with Crippen molar-refractivity contribution in [2.75, 3.05) is 0 Å². The molecule has 0 heteroatoms. The Balaban J connectivity index is 2.91. The number of hydrogen-bond acceptors (Lipinski definition) is 0. The third-order valence-electron chi connectivity index (χ3n) is 1.55. The van der Waals surface area contributed by atoms with Crippen LogP contribution in [0.15, 0.2) is 53.8 Å². The van der Waals surface area contributed by atoms with E-state index in [0.29, 0.717) is 0 Å². The van der Waals surface area contributed by atoms with Crippen LogP contribution in [0.3, 0.4) is 0 Å². The molecule has 11 heavy (non-hydrogen) atoms. The van der Waals surface area contributed by atoms with Crippen molar-refractivity contribution in [3.8, 4) is 0 Å². The molecule has 0 nitrogen and oxygen atoms in total.